The van der Waals surface area contributed by atoms with Crippen LogP contribution in [0.25, 0.3) is 0 Å². The number of nitrogens with one attached hydrogen (secondary N) is 1. The molecule has 0 amide bonds. The highest BCUT2D eigenvalue weighted by Gasteiger charge is 2.19. The second-order valence-electron chi connectivity index (χ2n) is 3.91. The number of aryl methyl sites for hydroxylation is 1. The molecule has 2 unspecified atom stereocenters. The van der Waals surface area contributed by atoms with Gasteiger partial charge in [-0.2, -0.15) is 11.8 Å². The first-order chi connectivity index (χ1) is 6.77. The summed E-state index contributed by atoms with van der Waals surface area (Å²) in [7, 11) is 0. The molecule has 3 heteroatoms. The maximum absolute atomic E-state index is 3.64. The second kappa shape index (κ2) is 4.69. The fourth-order valence-electron chi connectivity index (χ4n) is 1.77. The average molecular weight is 227 g/mol. The Morgan fingerprint density at radius 3 is 3.07 bits per heavy atom. The summed E-state index contributed by atoms with van der Waals surface area (Å²) < 4.78 is 0. The molecule has 0 bridgehead atoms. The van der Waals surface area contributed by atoms with Crippen LogP contribution in [0.4, 0.5) is 0 Å². The number of hydrogen-bond acceptors (Lipinski definition) is 3. The first-order valence-corrected chi connectivity index (χ1v) is 7.09. The predicted molar refractivity (Wildman–Crippen MR) is 66.3 cm³/mol. The third-order valence-electron chi connectivity index (χ3n) is 2.71. The van der Waals surface area contributed by atoms with Crippen LogP contribution in [0.2, 0.25) is 0 Å². The maximum Gasteiger partial charge on any atom is 0.0509 e. The second-order valence-corrected chi connectivity index (χ2v) is 6.33. The Bertz CT molecular complexity index is 295. The van der Waals surface area contributed by atoms with E-state index in [2.05, 4.69) is 42.4 Å². The Morgan fingerprint density at radius 2 is 2.36 bits per heavy atom. The molecule has 1 nitrogen and oxygen atoms in total. The Labute approximate surface area is 94.3 Å². The molecule has 0 spiro atoms. The lowest BCUT2D eigenvalue weighted by Crippen LogP contribution is -2.22. The van der Waals surface area contributed by atoms with Gasteiger partial charge in [0.05, 0.1) is 6.04 Å². The Morgan fingerprint density at radius 1 is 1.50 bits per heavy atom. The first kappa shape index (κ1) is 10.5. The van der Waals surface area contributed by atoms with Gasteiger partial charge in [0.25, 0.3) is 0 Å². The molecule has 0 radical (unpaired) electrons. The van der Waals surface area contributed by atoms with E-state index in [1.54, 1.807) is 0 Å². The standard InChI is InChI=1S/C11H17NS2/c1-8-4-6-13-11(8)10-7-14-9(2)3-5-12-10/h4,6,9-10,12H,3,5,7H2,1-2H3. The van der Waals surface area contributed by atoms with Gasteiger partial charge in [0.1, 0.15) is 0 Å². The van der Waals surface area contributed by atoms with Gasteiger partial charge < -0.3 is 5.32 Å². The van der Waals surface area contributed by atoms with Gasteiger partial charge >= 0.3 is 0 Å². The largest absolute Gasteiger partial charge is 0.309 e. The molecule has 1 N–H and O–H groups in total. The lowest BCUT2D eigenvalue weighted by atomic mass is 10.2. The highest BCUT2D eigenvalue weighted by molar-refractivity contribution is 7.99. The average Bonchev–Trinajstić information content (AvgIpc) is 2.46. The molecular formula is C11H17NS2. The van der Waals surface area contributed by atoms with E-state index in [1.165, 1.54) is 22.6 Å². The fourth-order valence-corrected chi connectivity index (χ4v) is 3.97. The molecule has 1 aromatic rings. The monoisotopic (exact) mass is 227 g/mol. The van der Waals surface area contributed by atoms with Crippen LogP contribution in [0.1, 0.15) is 29.8 Å². The summed E-state index contributed by atoms with van der Waals surface area (Å²) in [5, 5.41) is 6.66. The molecule has 1 saturated heterocycles. The van der Waals surface area contributed by atoms with E-state index in [-0.39, 0.29) is 0 Å². The number of thioether (sulfide) groups is 1. The zero-order valence-corrected chi connectivity index (χ0v) is 10.4. The van der Waals surface area contributed by atoms with E-state index in [0.29, 0.717) is 6.04 Å². The summed E-state index contributed by atoms with van der Waals surface area (Å²) in [6.07, 6.45) is 1.30. The van der Waals surface area contributed by atoms with Gasteiger partial charge in [0.15, 0.2) is 0 Å². The molecule has 2 atom stereocenters. The van der Waals surface area contributed by atoms with E-state index in [4.69, 9.17) is 0 Å². The van der Waals surface area contributed by atoms with Crippen LogP contribution in [0.3, 0.4) is 0 Å². The maximum atomic E-state index is 3.64. The van der Waals surface area contributed by atoms with Crippen LogP contribution in [0, 0.1) is 6.92 Å². The van der Waals surface area contributed by atoms with Gasteiger partial charge in [-0.15, -0.1) is 11.3 Å². The molecule has 2 rings (SSSR count). The predicted octanol–water partition coefficient (Wildman–Crippen LogP) is 3.21. The lowest BCUT2D eigenvalue weighted by Gasteiger charge is -2.14. The van der Waals surface area contributed by atoms with E-state index in [1.807, 2.05) is 11.3 Å². The third-order valence-corrected chi connectivity index (χ3v) is 5.17. The van der Waals surface area contributed by atoms with E-state index < -0.39 is 0 Å². The lowest BCUT2D eigenvalue weighted by molar-refractivity contribution is 0.584. The minimum atomic E-state index is 0.588. The van der Waals surface area contributed by atoms with Crippen molar-refractivity contribution in [1.29, 1.82) is 0 Å². The van der Waals surface area contributed by atoms with E-state index in [9.17, 15) is 0 Å². The molecule has 0 aromatic carbocycles. The quantitative estimate of drug-likeness (QED) is 0.790. The van der Waals surface area contributed by atoms with Crippen molar-refractivity contribution in [3.05, 3.63) is 21.9 Å². The molecule has 1 aromatic heterocycles. The van der Waals surface area contributed by atoms with Crippen molar-refractivity contribution >= 4 is 23.1 Å². The molecule has 1 aliphatic rings. The molecule has 0 aliphatic carbocycles. The summed E-state index contributed by atoms with van der Waals surface area (Å²) >= 11 is 3.99. The van der Waals surface area contributed by atoms with Gasteiger partial charge in [-0.05, 0) is 36.9 Å². The summed E-state index contributed by atoms with van der Waals surface area (Å²) in [5.41, 5.74) is 1.45. The van der Waals surface area contributed by atoms with Gasteiger partial charge in [-0.25, -0.2) is 0 Å². The summed E-state index contributed by atoms with van der Waals surface area (Å²) in [5.74, 6) is 1.22. The van der Waals surface area contributed by atoms with Crippen molar-refractivity contribution < 1.29 is 0 Å². The van der Waals surface area contributed by atoms with Crippen molar-refractivity contribution in [2.45, 2.75) is 31.6 Å². The SMILES string of the molecule is Cc1ccsc1C1CSC(C)CCN1. The smallest absolute Gasteiger partial charge is 0.0509 e. The highest BCUT2D eigenvalue weighted by atomic mass is 32.2. The molecular weight excluding hydrogens is 210 g/mol. The third kappa shape index (κ3) is 2.33. The highest BCUT2D eigenvalue weighted by Crippen LogP contribution is 2.30. The minimum Gasteiger partial charge on any atom is -0.309 e. The number of thiophene rings is 1. The molecule has 2 heterocycles. The number of rotatable bonds is 1. The number of hydrogen-bond donors (Lipinski definition) is 1. The van der Waals surface area contributed by atoms with Crippen LogP contribution in [-0.2, 0) is 0 Å². The van der Waals surface area contributed by atoms with Crippen LogP contribution >= 0.6 is 23.1 Å². The molecule has 14 heavy (non-hydrogen) atoms. The van der Waals surface area contributed by atoms with Crippen molar-refractivity contribution in [3.63, 3.8) is 0 Å². The minimum absolute atomic E-state index is 0.588. The van der Waals surface area contributed by atoms with Crippen LogP contribution in [0.5, 0.6) is 0 Å². The Balaban J connectivity index is 2.08. The van der Waals surface area contributed by atoms with Crippen molar-refractivity contribution in [2.24, 2.45) is 0 Å². The van der Waals surface area contributed by atoms with Gasteiger partial charge in [-0.1, -0.05) is 6.92 Å². The fraction of sp³-hybridized carbons (Fsp3) is 0.636. The van der Waals surface area contributed by atoms with E-state index in [0.717, 1.165) is 11.8 Å². The van der Waals surface area contributed by atoms with Crippen molar-refractivity contribution in [2.75, 3.05) is 12.3 Å². The van der Waals surface area contributed by atoms with Crippen LogP contribution in [-0.4, -0.2) is 17.5 Å². The summed E-state index contributed by atoms with van der Waals surface area (Å²) in [4.78, 5) is 1.53. The normalized spacial score (nSPS) is 28.7. The molecule has 78 valence electrons. The van der Waals surface area contributed by atoms with Gasteiger partial charge in [0.2, 0.25) is 0 Å². The first-order valence-electron chi connectivity index (χ1n) is 5.16. The molecule has 1 aliphatic heterocycles. The van der Waals surface area contributed by atoms with Crippen LogP contribution < -0.4 is 5.32 Å². The molecule has 1 fully saturated rings. The van der Waals surface area contributed by atoms with Gasteiger partial charge in [-0.3, -0.25) is 0 Å². The van der Waals surface area contributed by atoms with Crippen molar-refractivity contribution in [3.8, 4) is 0 Å². The Kier molecular flexibility index (Phi) is 3.52. The van der Waals surface area contributed by atoms with Crippen molar-refractivity contribution in [1.82, 2.24) is 5.32 Å². The summed E-state index contributed by atoms with van der Waals surface area (Å²) in [6, 6.07) is 2.81. The zero-order chi connectivity index (χ0) is 9.97. The Hall–Kier alpha value is 0.01000. The topological polar surface area (TPSA) is 12.0 Å². The zero-order valence-electron chi connectivity index (χ0n) is 8.75. The van der Waals surface area contributed by atoms with Gasteiger partial charge in [0, 0.05) is 15.9 Å². The van der Waals surface area contributed by atoms with E-state index >= 15 is 0 Å². The van der Waals surface area contributed by atoms with Crippen LogP contribution in [0.15, 0.2) is 11.4 Å². The summed E-state index contributed by atoms with van der Waals surface area (Å²) in [6.45, 7) is 5.71. The molecule has 0 saturated carbocycles.